The Balaban J connectivity index is 1.78. The number of carbonyl (C=O) groups is 1. The second kappa shape index (κ2) is 8.48. The number of rotatable bonds is 5. The number of amides is 1. The van der Waals surface area contributed by atoms with Gasteiger partial charge in [0.05, 0.1) is 30.9 Å². The van der Waals surface area contributed by atoms with Gasteiger partial charge in [-0.05, 0) is 42.8 Å². The van der Waals surface area contributed by atoms with E-state index in [1.54, 1.807) is 12.1 Å². The molecule has 2 aromatic rings. The van der Waals surface area contributed by atoms with Crippen molar-refractivity contribution in [2.75, 3.05) is 38.7 Å². The minimum atomic E-state index is -3.60. The Labute approximate surface area is 169 Å². The van der Waals surface area contributed by atoms with Crippen LogP contribution in [0.25, 0.3) is 0 Å². The van der Waals surface area contributed by atoms with Crippen molar-refractivity contribution in [3.8, 4) is 5.75 Å². The SMILES string of the molecule is COc1cc(Cl)c(C)cc1NC(=O)c1ccc(S(=O)(=O)N2CCOCC2)cc1. The zero-order valence-electron chi connectivity index (χ0n) is 15.6. The maximum atomic E-state index is 12.7. The highest BCUT2D eigenvalue weighted by molar-refractivity contribution is 7.89. The number of morpholine rings is 1. The Morgan fingerprint density at radius 2 is 1.82 bits per heavy atom. The third kappa shape index (κ3) is 4.30. The second-order valence-corrected chi connectivity index (χ2v) is 8.64. The number of nitrogens with zero attached hydrogens (tertiary/aromatic N) is 1. The Morgan fingerprint density at radius 3 is 2.43 bits per heavy atom. The van der Waals surface area contributed by atoms with Crippen molar-refractivity contribution in [2.45, 2.75) is 11.8 Å². The second-order valence-electron chi connectivity index (χ2n) is 6.30. The quantitative estimate of drug-likeness (QED) is 0.797. The fraction of sp³-hybridized carbons (Fsp3) is 0.316. The lowest BCUT2D eigenvalue weighted by molar-refractivity contribution is 0.0730. The van der Waals surface area contributed by atoms with Crippen LogP contribution in [0.15, 0.2) is 41.3 Å². The summed E-state index contributed by atoms with van der Waals surface area (Å²) in [7, 11) is -2.11. The van der Waals surface area contributed by atoms with Gasteiger partial charge >= 0.3 is 0 Å². The topological polar surface area (TPSA) is 84.9 Å². The van der Waals surface area contributed by atoms with Crippen molar-refractivity contribution in [3.63, 3.8) is 0 Å². The molecule has 150 valence electrons. The molecule has 1 aliphatic heterocycles. The monoisotopic (exact) mass is 424 g/mol. The van der Waals surface area contributed by atoms with Crippen molar-refractivity contribution < 1.29 is 22.7 Å². The Kier molecular flexibility index (Phi) is 6.24. The van der Waals surface area contributed by atoms with Gasteiger partial charge in [0.25, 0.3) is 5.91 Å². The average molecular weight is 425 g/mol. The van der Waals surface area contributed by atoms with Crippen LogP contribution >= 0.6 is 11.6 Å². The van der Waals surface area contributed by atoms with Gasteiger partial charge in [-0.15, -0.1) is 0 Å². The highest BCUT2D eigenvalue weighted by atomic mass is 35.5. The molecule has 0 bridgehead atoms. The van der Waals surface area contributed by atoms with Crippen LogP contribution in [0.2, 0.25) is 5.02 Å². The summed E-state index contributed by atoms with van der Waals surface area (Å²) in [5.41, 5.74) is 1.61. The summed E-state index contributed by atoms with van der Waals surface area (Å²) in [4.78, 5) is 12.7. The van der Waals surface area contributed by atoms with Crippen molar-refractivity contribution >= 4 is 33.2 Å². The molecule has 0 aromatic heterocycles. The molecule has 1 heterocycles. The third-order valence-corrected chi connectivity index (χ3v) is 6.77. The molecule has 1 saturated heterocycles. The summed E-state index contributed by atoms with van der Waals surface area (Å²) in [5.74, 6) is 0.0609. The lowest BCUT2D eigenvalue weighted by atomic mass is 10.1. The van der Waals surface area contributed by atoms with E-state index in [9.17, 15) is 13.2 Å². The Hall–Kier alpha value is -2.13. The van der Waals surface area contributed by atoms with E-state index in [-0.39, 0.29) is 10.8 Å². The number of carbonyl (C=O) groups excluding carboxylic acids is 1. The number of anilines is 1. The third-order valence-electron chi connectivity index (χ3n) is 4.45. The van der Waals surface area contributed by atoms with E-state index in [1.807, 2.05) is 6.92 Å². The molecule has 7 nitrogen and oxygen atoms in total. The summed E-state index contributed by atoms with van der Waals surface area (Å²) in [6.07, 6.45) is 0. The first-order valence-corrected chi connectivity index (χ1v) is 10.5. The summed E-state index contributed by atoms with van der Waals surface area (Å²) >= 11 is 6.08. The van der Waals surface area contributed by atoms with E-state index in [4.69, 9.17) is 21.1 Å². The van der Waals surface area contributed by atoms with Crippen molar-refractivity contribution in [1.82, 2.24) is 4.31 Å². The Morgan fingerprint density at radius 1 is 1.18 bits per heavy atom. The van der Waals surface area contributed by atoms with Crippen LogP contribution in [-0.4, -0.2) is 52.0 Å². The molecule has 0 spiro atoms. The first-order valence-electron chi connectivity index (χ1n) is 8.66. The van der Waals surface area contributed by atoms with Gasteiger partial charge in [0.2, 0.25) is 10.0 Å². The van der Waals surface area contributed by atoms with Gasteiger partial charge in [-0.25, -0.2) is 8.42 Å². The molecule has 1 amide bonds. The van der Waals surface area contributed by atoms with Gasteiger partial charge in [-0.1, -0.05) is 11.6 Å². The highest BCUT2D eigenvalue weighted by Crippen LogP contribution is 2.31. The smallest absolute Gasteiger partial charge is 0.255 e. The molecule has 1 fully saturated rings. The van der Waals surface area contributed by atoms with Gasteiger partial charge in [0.15, 0.2) is 0 Å². The van der Waals surface area contributed by atoms with Crippen LogP contribution in [0, 0.1) is 6.92 Å². The van der Waals surface area contributed by atoms with Gasteiger partial charge in [0, 0.05) is 29.7 Å². The largest absolute Gasteiger partial charge is 0.495 e. The molecule has 9 heteroatoms. The number of aryl methyl sites for hydroxylation is 1. The fourth-order valence-corrected chi connectivity index (χ4v) is 4.40. The number of sulfonamides is 1. The summed E-state index contributed by atoms with van der Waals surface area (Å²) in [6, 6.07) is 9.19. The standard InChI is InChI=1S/C19H21ClN2O5S/c1-13-11-17(18(26-2)12-16(13)20)21-19(23)14-3-5-15(6-4-14)28(24,25)22-7-9-27-10-8-22/h3-6,11-12H,7-10H2,1-2H3,(H,21,23). The fourth-order valence-electron chi connectivity index (χ4n) is 2.84. The molecule has 0 unspecified atom stereocenters. The summed E-state index contributed by atoms with van der Waals surface area (Å²) in [5, 5.41) is 3.30. The van der Waals surface area contributed by atoms with E-state index < -0.39 is 10.0 Å². The highest BCUT2D eigenvalue weighted by Gasteiger charge is 2.26. The van der Waals surface area contributed by atoms with Gasteiger partial charge in [0.1, 0.15) is 5.75 Å². The van der Waals surface area contributed by atoms with E-state index in [0.29, 0.717) is 48.3 Å². The number of nitrogens with one attached hydrogen (secondary N) is 1. The van der Waals surface area contributed by atoms with E-state index in [2.05, 4.69) is 5.32 Å². The molecule has 0 aliphatic carbocycles. The van der Waals surface area contributed by atoms with Crippen LogP contribution in [0.5, 0.6) is 5.75 Å². The maximum absolute atomic E-state index is 12.7. The number of benzene rings is 2. The molecule has 1 N–H and O–H groups in total. The predicted octanol–water partition coefficient (Wildman–Crippen LogP) is 2.93. The lowest BCUT2D eigenvalue weighted by Crippen LogP contribution is -2.40. The molecular formula is C19H21ClN2O5S. The predicted molar refractivity (Wildman–Crippen MR) is 107 cm³/mol. The summed E-state index contributed by atoms with van der Waals surface area (Å²) in [6.45, 7) is 3.22. The molecule has 3 rings (SSSR count). The van der Waals surface area contributed by atoms with Crippen LogP contribution in [-0.2, 0) is 14.8 Å². The number of halogens is 1. The molecule has 1 aliphatic rings. The van der Waals surface area contributed by atoms with Crippen molar-refractivity contribution in [3.05, 3.63) is 52.5 Å². The lowest BCUT2D eigenvalue weighted by Gasteiger charge is -2.26. The molecular weight excluding hydrogens is 404 g/mol. The first-order chi connectivity index (χ1) is 13.3. The van der Waals surface area contributed by atoms with Crippen LogP contribution in [0.1, 0.15) is 15.9 Å². The summed E-state index contributed by atoms with van der Waals surface area (Å²) < 4.78 is 37.1. The average Bonchev–Trinajstić information content (AvgIpc) is 2.71. The molecule has 2 aromatic carbocycles. The molecule has 0 radical (unpaired) electrons. The van der Waals surface area contributed by atoms with E-state index in [1.165, 1.54) is 35.7 Å². The van der Waals surface area contributed by atoms with Crippen molar-refractivity contribution in [1.29, 1.82) is 0 Å². The number of hydrogen-bond acceptors (Lipinski definition) is 5. The number of ether oxygens (including phenoxy) is 2. The number of hydrogen-bond donors (Lipinski definition) is 1. The van der Waals surface area contributed by atoms with Gasteiger partial charge in [-0.3, -0.25) is 4.79 Å². The number of methoxy groups -OCH3 is 1. The molecule has 0 saturated carbocycles. The van der Waals surface area contributed by atoms with Crippen LogP contribution < -0.4 is 10.1 Å². The first kappa shape index (κ1) is 20.6. The van der Waals surface area contributed by atoms with E-state index in [0.717, 1.165) is 5.56 Å². The zero-order valence-corrected chi connectivity index (χ0v) is 17.1. The van der Waals surface area contributed by atoms with Gasteiger partial charge in [-0.2, -0.15) is 4.31 Å². The zero-order chi connectivity index (χ0) is 20.3. The van der Waals surface area contributed by atoms with Crippen molar-refractivity contribution in [2.24, 2.45) is 0 Å². The van der Waals surface area contributed by atoms with Crippen LogP contribution in [0.3, 0.4) is 0 Å². The van der Waals surface area contributed by atoms with Gasteiger partial charge < -0.3 is 14.8 Å². The maximum Gasteiger partial charge on any atom is 0.255 e. The Bertz CT molecular complexity index is 971. The normalized spacial score (nSPS) is 15.2. The minimum absolute atomic E-state index is 0.144. The van der Waals surface area contributed by atoms with E-state index >= 15 is 0 Å². The molecule has 0 atom stereocenters. The molecule has 28 heavy (non-hydrogen) atoms. The van der Waals surface area contributed by atoms with Crippen LogP contribution in [0.4, 0.5) is 5.69 Å². The minimum Gasteiger partial charge on any atom is -0.495 e.